The van der Waals surface area contributed by atoms with Gasteiger partial charge in [0.05, 0.1) is 0 Å². The van der Waals surface area contributed by atoms with Gasteiger partial charge >= 0.3 is 6.09 Å². The van der Waals surface area contributed by atoms with Crippen LogP contribution in [0.5, 0.6) is 5.75 Å². The number of hydrogen-bond donors (Lipinski definition) is 1. The minimum Gasteiger partial charge on any atom is -0.473 e. The zero-order valence-corrected chi connectivity index (χ0v) is 21.2. The maximum atomic E-state index is 12.0. The molecule has 0 saturated heterocycles. The summed E-state index contributed by atoms with van der Waals surface area (Å²) in [7, 11) is 0. The second kappa shape index (κ2) is 10.7. The molecule has 0 aliphatic heterocycles. The molecule has 1 amide bonds. The fourth-order valence-electron chi connectivity index (χ4n) is 4.64. The van der Waals surface area contributed by atoms with Crippen LogP contribution in [0.2, 0.25) is 0 Å². The number of rotatable bonds is 8. The van der Waals surface area contributed by atoms with Crippen molar-refractivity contribution >= 4 is 12.4 Å². The summed E-state index contributed by atoms with van der Waals surface area (Å²) in [5, 5.41) is 9.78. The number of hydrogen-bond acceptors (Lipinski definition) is 3. The highest BCUT2D eigenvalue weighted by atomic mass is 16.5. The Balaban J connectivity index is 1.82. The molecule has 0 fully saturated rings. The SMILES string of the molecule is CC(C)(C)N(C(=O)O)C([C]=O)c1ccc(OC(c2ccccc2)(c2ccccc2)c2ccccc2)cc1. The maximum absolute atomic E-state index is 12.0. The normalized spacial score (nSPS) is 12.4. The predicted octanol–water partition coefficient (Wildman–Crippen LogP) is 6.99. The summed E-state index contributed by atoms with van der Waals surface area (Å²) < 4.78 is 6.88. The molecule has 1 atom stereocenters. The van der Waals surface area contributed by atoms with Crippen LogP contribution in [0.15, 0.2) is 115 Å². The van der Waals surface area contributed by atoms with Gasteiger partial charge in [-0.1, -0.05) is 103 Å². The van der Waals surface area contributed by atoms with Gasteiger partial charge in [-0.15, -0.1) is 0 Å². The molecule has 1 unspecified atom stereocenters. The third-order valence-electron chi connectivity index (χ3n) is 6.31. The highest BCUT2D eigenvalue weighted by Crippen LogP contribution is 2.41. The molecule has 4 aromatic rings. The zero-order chi connectivity index (χ0) is 26.5. The second-order valence-corrected chi connectivity index (χ2v) is 9.79. The van der Waals surface area contributed by atoms with Gasteiger partial charge in [-0.3, -0.25) is 9.69 Å². The number of carbonyl (C=O) groups is 1. The third kappa shape index (κ3) is 5.26. The van der Waals surface area contributed by atoms with E-state index in [9.17, 15) is 14.7 Å². The van der Waals surface area contributed by atoms with E-state index in [1.807, 2.05) is 97.3 Å². The van der Waals surface area contributed by atoms with E-state index in [-0.39, 0.29) is 0 Å². The average molecular weight is 493 g/mol. The lowest BCUT2D eigenvalue weighted by Crippen LogP contribution is -2.47. The fourth-order valence-corrected chi connectivity index (χ4v) is 4.64. The van der Waals surface area contributed by atoms with Crippen LogP contribution in [0.25, 0.3) is 0 Å². The average Bonchev–Trinajstić information content (AvgIpc) is 2.91. The Morgan fingerprint density at radius 3 is 1.46 bits per heavy atom. The molecule has 4 aromatic carbocycles. The molecular formula is C32H30NO4. The Labute approximate surface area is 218 Å². The number of nitrogens with zero attached hydrogens (tertiary/aromatic N) is 1. The largest absolute Gasteiger partial charge is 0.473 e. The molecular weight excluding hydrogens is 462 g/mol. The highest BCUT2D eigenvalue weighted by molar-refractivity contribution is 5.74. The first kappa shape index (κ1) is 25.7. The highest BCUT2D eigenvalue weighted by Gasteiger charge is 2.39. The third-order valence-corrected chi connectivity index (χ3v) is 6.31. The van der Waals surface area contributed by atoms with Crippen molar-refractivity contribution in [3.63, 3.8) is 0 Å². The van der Waals surface area contributed by atoms with E-state index in [0.29, 0.717) is 11.3 Å². The second-order valence-electron chi connectivity index (χ2n) is 9.79. The summed E-state index contributed by atoms with van der Waals surface area (Å²) in [6.45, 7) is 5.24. The van der Waals surface area contributed by atoms with E-state index in [0.717, 1.165) is 21.6 Å². The van der Waals surface area contributed by atoms with Gasteiger partial charge in [0.2, 0.25) is 6.29 Å². The van der Waals surface area contributed by atoms with Crippen LogP contribution in [0.1, 0.15) is 49.1 Å². The number of amides is 1. The van der Waals surface area contributed by atoms with Crippen LogP contribution in [-0.4, -0.2) is 27.9 Å². The van der Waals surface area contributed by atoms with Gasteiger partial charge in [0.15, 0.2) is 5.60 Å². The van der Waals surface area contributed by atoms with Crippen molar-refractivity contribution < 1.29 is 19.4 Å². The molecule has 1 radical (unpaired) electrons. The molecule has 37 heavy (non-hydrogen) atoms. The van der Waals surface area contributed by atoms with E-state index in [4.69, 9.17) is 4.74 Å². The number of carboxylic acid groups (broad SMARTS) is 1. The lowest BCUT2D eigenvalue weighted by molar-refractivity contribution is 0.0869. The van der Waals surface area contributed by atoms with Gasteiger partial charge in [-0.25, -0.2) is 4.79 Å². The first-order valence-corrected chi connectivity index (χ1v) is 12.1. The maximum Gasteiger partial charge on any atom is 0.408 e. The first-order valence-electron chi connectivity index (χ1n) is 12.1. The molecule has 5 nitrogen and oxygen atoms in total. The lowest BCUT2D eigenvalue weighted by Gasteiger charge is -2.37. The van der Waals surface area contributed by atoms with E-state index in [2.05, 4.69) is 0 Å². The number of benzene rings is 4. The predicted molar refractivity (Wildman–Crippen MR) is 144 cm³/mol. The molecule has 0 aromatic heterocycles. The summed E-state index contributed by atoms with van der Waals surface area (Å²) in [6, 6.07) is 36.0. The molecule has 5 heteroatoms. The fraction of sp³-hybridized carbons (Fsp3) is 0.188. The van der Waals surface area contributed by atoms with Crippen molar-refractivity contribution in [3.05, 3.63) is 138 Å². The van der Waals surface area contributed by atoms with Crippen LogP contribution < -0.4 is 4.74 Å². The van der Waals surface area contributed by atoms with Gasteiger partial charge < -0.3 is 9.84 Å². The molecule has 0 heterocycles. The number of carbonyl (C=O) groups excluding carboxylic acids is 1. The van der Waals surface area contributed by atoms with Gasteiger partial charge in [-0.2, -0.15) is 0 Å². The van der Waals surface area contributed by atoms with Crippen LogP contribution >= 0.6 is 0 Å². The molecule has 4 rings (SSSR count). The smallest absolute Gasteiger partial charge is 0.408 e. The Morgan fingerprint density at radius 1 is 0.730 bits per heavy atom. The van der Waals surface area contributed by atoms with Gasteiger partial charge in [0.1, 0.15) is 11.8 Å². The Morgan fingerprint density at radius 2 is 1.14 bits per heavy atom. The van der Waals surface area contributed by atoms with Crippen molar-refractivity contribution in [2.45, 2.75) is 38.0 Å². The van der Waals surface area contributed by atoms with E-state index >= 15 is 0 Å². The molecule has 0 spiro atoms. The molecule has 0 aliphatic rings. The van der Waals surface area contributed by atoms with Gasteiger partial charge in [-0.05, 0) is 38.5 Å². The first-order chi connectivity index (χ1) is 17.8. The lowest BCUT2D eigenvalue weighted by atomic mass is 9.80. The monoisotopic (exact) mass is 492 g/mol. The van der Waals surface area contributed by atoms with Crippen molar-refractivity contribution in [2.24, 2.45) is 0 Å². The van der Waals surface area contributed by atoms with Crippen LogP contribution in [0, 0.1) is 0 Å². The van der Waals surface area contributed by atoms with E-state index in [1.54, 1.807) is 45.0 Å². The van der Waals surface area contributed by atoms with Crippen molar-refractivity contribution in [3.8, 4) is 5.75 Å². The van der Waals surface area contributed by atoms with E-state index in [1.165, 1.54) is 0 Å². The van der Waals surface area contributed by atoms with Crippen molar-refractivity contribution in [1.29, 1.82) is 0 Å². The minimum atomic E-state index is -1.18. The summed E-state index contributed by atoms with van der Waals surface area (Å²) >= 11 is 0. The summed E-state index contributed by atoms with van der Waals surface area (Å²) in [4.78, 5) is 25.0. The Kier molecular flexibility index (Phi) is 7.44. The van der Waals surface area contributed by atoms with Crippen LogP contribution in [0.3, 0.4) is 0 Å². The van der Waals surface area contributed by atoms with Crippen LogP contribution in [0.4, 0.5) is 4.79 Å². The van der Waals surface area contributed by atoms with Gasteiger partial charge in [0, 0.05) is 22.2 Å². The minimum absolute atomic E-state index is 0.518. The Bertz CT molecular complexity index is 1220. The molecule has 0 aliphatic carbocycles. The van der Waals surface area contributed by atoms with E-state index < -0.39 is 23.3 Å². The quantitative estimate of drug-likeness (QED) is 0.269. The van der Waals surface area contributed by atoms with Crippen molar-refractivity contribution in [2.75, 3.05) is 0 Å². The molecule has 1 N–H and O–H groups in total. The molecule has 0 bridgehead atoms. The van der Waals surface area contributed by atoms with Crippen molar-refractivity contribution in [1.82, 2.24) is 4.90 Å². The summed E-state index contributed by atoms with van der Waals surface area (Å²) in [5.74, 6) is 0.572. The molecule has 0 saturated carbocycles. The van der Waals surface area contributed by atoms with Crippen LogP contribution in [-0.2, 0) is 10.4 Å². The Hall–Kier alpha value is -4.38. The number of ether oxygens (including phenoxy) is 1. The zero-order valence-electron chi connectivity index (χ0n) is 21.2. The molecule has 187 valence electrons. The summed E-state index contributed by atoms with van der Waals surface area (Å²) in [6.07, 6.45) is 0.723. The van der Waals surface area contributed by atoms with Gasteiger partial charge in [0.25, 0.3) is 0 Å². The summed E-state index contributed by atoms with van der Waals surface area (Å²) in [5.41, 5.74) is 1.66. The topological polar surface area (TPSA) is 66.8 Å². The standard InChI is InChI=1S/C32H30NO4/c1-31(2,3)33(30(35)36)29(23-34)24-19-21-28(22-20-24)37-32(25-13-7-4-8-14-25,26-15-9-5-10-16-26)27-17-11-6-12-18-27/h4-22,29H,1-3H3,(H,35,36).